The maximum atomic E-state index is 12.5. The van der Waals surface area contributed by atoms with Crippen LogP contribution in [-0.2, 0) is 11.0 Å². The fourth-order valence-corrected chi connectivity index (χ4v) is 1.71. The van der Waals surface area contributed by atoms with Crippen molar-refractivity contribution in [1.82, 2.24) is 5.32 Å². The molecule has 0 saturated heterocycles. The van der Waals surface area contributed by atoms with Crippen molar-refractivity contribution < 1.29 is 31.1 Å². The lowest BCUT2D eigenvalue weighted by Crippen LogP contribution is -2.36. The molecule has 0 aliphatic rings. The first kappa shape index (κ1) is 20.9. The minimum Gasteiger partial charge on any atom is -0.342 e. The Bertz CT molecular complexity index is 604. The lowest BCUT2D eigenvalue weighted by atomic mass is 10.0. The molecule has 0 saturated carbocycles. The quantitative estimate of drug-likeness (QED) is 0.403. The van der Waals surface area contributed by atoms with Crippen LogP contribution in [0.4, 0.5) is 26.3 Å². The van der Waals surface area contributed by atoms with E-state index >= 15 is 0 Å². The number of hydrogen-bond acceptors (Lipinski definition) is 1. The molecule has 1 atom stereocenters. The molecule has 0 heterocycles. The molecular formula is C13H8Cl3F6NO. The van der Waals surface area contributed by atoms with Crippen LogP contribution in [0.2, 0.25) is 0 Å². The van der Waals surface area contributed by atoms with Crippen molar-refractivity contribution in [2.45, 2.75) is 22.2 Å². The molecule has 2 nitrogen and oxygen atoms in total. The Morgan fingerprint density at radius 2 is 1.50 bits per heavy atom. The Morgan fingerprint density at radius 3 is 1.88 bits per heavy atom. The van der Waals surface area contributed by atoms with Crippen LogP contribution in [0.25, 0.3) is 0 Å². The smallest absolute Gasteiger partial charge is 0.342 e. The molecule has 1 N–H and O–H groups in total. The number of halogens is 9. The van der Waals surface area contributed by atoms with Gasteiger partial charge in [0.1, 0.15) is 0 Å². The van der Waals surface area contributed by atoms with Crippen molar-refractivity contribution in [3.63, 3.8) is 0 Å². The SMILES string of the molecule is O=C(NC(/C=C/C(F)(F)F)c1ccc(C(F)(F)F)cc1)C(Cl)(Cl)Cl. The lowest BCUT2D eigenvalue weighted by molar-refractivity contribution is -0.137. The molecule has 11 heteroatoms. The largest absolute Gasteiger partial charge is 0.416 e. The van der Waals surface area contributed by atoms with Crippen LogP contribution in [-0.4, -0.2) is 15.9 Å². The molecule has 1 rings (SSSR count). The lowest BCUT2D eigenvalue weighted by Gasteiger charge is -2.19. The van der Waals surface area contributed by atoms with Gasteiger partial charge < -0.3 is 5.32 Å². The van der Waals surface area contributed by atoms with Crippen molar-refractivity contribution in [2.24, 2.45) is 0 Å². The Hall–Kier alpha value is -1.12. The maximum absolute atomic E-state index is 12.5. The summed E-state index contributed by atoms with van der Waals surface area (Å²) >= 11 is 15.9. The molecule has 24 heavy (non-hydrogen) atoms. The highest BCUT2D eigenvalue weighted by atomic mass is 35.6. The van der Waals surface area contributed by atoms with Crippen molar-refractivity contribution in [1.29, 1.82) is 0 Å². The normalized spacial score (nSPS) is 14.7. The minimum atomic E-state index is -4.70. The van der Waals surface area contributed by atoms with Gasteiger partial charge >= 0.3 is 12.4 Å². The number of alkyl halides is 9. The third-order valence-corrected chi connectivity index (χ3v) is 3.13. The third-order valence-electron chi connectivity index (χ3n) is 2.62. The monoisotopic (exact) mass is 413 g/mol. The number of nitrogens with one attached hydrogen (secondary N) is 1. The Morgan fingerprint density at radius 1 is 1.00 bits per heavy atom. The number of hydrogen-bond donors (Lipinski definition) is 1. The molecular weight excluding hydrogens is 406 g/mol. The van der Waals surface area contributed by atoms with Gasteiger partial charge in [0, 0.05) is 6.08 Å². The van der Waals surface area contributed by atoms with Crippen molar-refractivity contribution in [3.8, 4) is 0 Å². The van der Waals surface area contributed by atoms with E-state index in [2.05, 4.69) is 0 Å². The number of benzene rings is 1. The van der Waals surface area contributed by atoms with E-state index in [0.29, 0.717) is 18.2 Å². The Labute approximate surface area is 147 Å². The topological polar surface area (TPSA) is 29.1 Å². The standard InChI is InChI=1S/C13H8Cl3F6NO/c14-12(15,16)10(24)23-9(5-6-11(17,18)19)7-1-3-8(4-2-7)13(20,21)22/h1-6,9H,(H,23,24)/b6-5+. The number of rotatable bonds is 3. The van der Waals surface area contributed by atoms with E-state index in [4.69, 9.17) is 34.8 Å². The summed E-state index contributed by atoms with van der Waals surface area (Å²) in [4.78, 5) is 11.6. The van der Waals surface area contributed by atoms with E-state index in [1.807, 2.05) is 5.32 Å². The summed E-state index contributed by atoms with van der Waals surface area (Å²) in [6.45, 7) is 0. The molecule has 0 aliphatic heterocycles. The molecule has 134 valence electrons. The van der Waals surface area contributed by atoms with E-state index in [0.717, 1.165) is 12.1 Å². The summed E-state index contributed by atoms with van der Waals surface area (Å²) < 4.78 is 72.0. The first-order chi connectivity index (χ1) is 10.7. The first-order valence-electron chi connectivity index (χ1n) is 6.01. The second kappa shape index (κ2) is 7.41. The molecule has 1 aromatic rings. The second-order valence-corrected chi connectivity index (χ2v) is 6.75. The van der Waals surface area contributed by atoms with Crippen molar-refractivity contribution in [3.05, 3.63) is 47.5 Å². The van der Waals surface area contributed by atoms with E-state index < -0.39 is 33.7 Å². The Balaban J connectivity index is 3.13. The number of allylic oxidation sites excluding steroid dienone is 1. The van der Waals surface area contributed by atoms with Gasteiger partial charge in [-0.2, -0.15) is 26.3 Å². The van der Waals surface area contributed by atoms with E-state index in [1.165, 1.54) is 0 Å². The average molecular weight is 415 g/mol. The van der Waals surface area contributed by atoms with Gasteiger partial charge in [0.15, 0.2) is 0 Å². The van der Waals surface area contributed by atoms with Crippen molar-refractivity contribution >= 4 is 40.7 Å². The van der Waals surface area contributed by atoms with Gasteiger partial charge in [-0.25, -0.2) is 0 Å². The molecule has 0 radical (unpaired) electrons. The molecule has 0 spiro atoms. The van der Waals surface area contributed by atoms with Crippen molar-refractivity contribution in [2.75, 3.05) is 0 Å². The van der Waals surface area contributed by atoms with Gasteiger partial charge in [-0.15, -0.1) is 0 Å². The summed E-state index contributed by atoms with van der Waals surface area (Å²) in [5.41, 5.74) is -1.07. The number of carbonyl (C=O) groups excluding carboxylic acids is 1. The van der Waals surface area contributed by atoms with E-state index in [-0.39, 0.29) is 11.6 Å². The zero-order valence-electron chi connectivity index (χ0n) is 11.4. The van der Waals surface area contributed by atoms with Gasteiger partial charge in [-0.05, 0) is 17.7 Å². The van der Waals surface area contributed by atoms with Gasteiger partial charge in [0.2, 0.25) is 0 Å². The molecule has 0 fully saturated rings. The molecule has 1 unspecified atom stereocenters. The summed E-state index contributed by atoms with van der Waals surface area (Å²) in [5, 5.41) is 2.00. The maximum Gasteiger partial charge on any atom is 0.416 e. The zero-order valence-corrected chi connectivity index (χ0v) is 13.6. The first-order valence-corrected chi connectivity index (χ1v) is 7.14. The molecule has 0 aliphatic carbocycles. The second-order valence-electron chi connectivity index (χ2n) is 4.47. The molecule has 0 aromatic heterocycles. The van der Waals surface area contributed by atoms with Crippen LogP contribution in [0.3, 0.4) is 0 Å². The molecule has 1 amide bonds. The predicted octanol–water partition coefficient (Wildman–Crippen LogP) is 5.35. The number of amides is 1. The highest BCUT2D eigenvalue weighted by Gasteiger charge is 2.33. The van der Waals surface area contributed by atoms with Crippen LogP contribution >= 0.6 is 34.8 Å². The zero-order chi connectivity index (χ0) is 18.8. The third kappa shape index (κ3) is 6.78. The summed E-state index contributed by atoms with van der Waals surface area (Å²) in [6.07, 6.45) is -8.98. The fourth-order valence-electron chi connectivity index (χ4n) is 1.55. The molecule has 1 aromatic carbocycles. The van der Waals surface area contributed by atoms with Gasteiger partial charge in [0.25, 0.3) is 9.70 Å². The average Bonchev–Trinajstić information content (AvgIpc) is 2.40. The predicted molar refractivity (Wildman–Crippen MR) is 77.8 cm³/mol. The minimum absolute atomic E-state index is 0.0638. The van der Waals surface area contributed by atoms with Gasteiger partial charge in [0.05, 0.1) is 11.6 Å². The summed E-state index contributed by atoms with van der Waals surface area (Å²) in [5.74, 6) is -1.23. The van der Waals surface area contributed by atoms with Gasteiger partial charge in [-0.3, -0.25) is 4.79 Å². The Kier molecular flexibility index (Phi) is 6.46. The van der Waals surface area contributed by atoms with Gasteiger partial charge in [-0.1, -0.05) is 53.0 Å². The summed E-state index contributed by atoms with van der Waals surface area (Å²) in [7, 11) is 0. The number of carbonyl (C=O) groups is 1. The highest BCUT2D eigenvalue weighted by molar-refractivity contribution is 6.76. The van der Waals surface area contributed by atoms with Crippen LogP contribution in [0, 0.1) is 0 Å². The fraction of sp³-hybridized carbons (Fsp3) is 0.308. The molecule has 0 bridgehead atoms. The van der Waals surface area contributed by atoms with Crippen LogP contribution < -0.4 is 5.32 Å². The highest BCUT2D eigenvalue weighted by Crippen LogP contribution is 2.31. The van der Waals surface area contributed by atoms with Crippen LogP contribution in [0.5, 0.6) is 0 Å². The summed E-state index contributed by atoms with van der Waals surface area (Å²) in [6, 6.07) is 1.69. The van der Waals surface area contributed by atoms with E-state index in [1.54, 1.807) is 0 Å². The van der Waals surface area contributed by atoms with E-state index in [9.17, 15) is 31.1 Å². The van der Waals surface area contributed by atoms with Crippen LogP contribution in [0.1, 0.15) is 17.2 Å². The van der Waals surface area contributed by atoms with Crippen LogP contribution in [0.15, 0.2) is 36.4 Å².